The number of carbonyl (C=O) groups excluding carboxylic acids is 2. The van der Waals surface area contributed by atoms with E-state index in [0.717, 1.165) is 10.3 Å². The van der Waals surface area contributed by atoms with Crippen LogP contribution in [0, 0.1) is 13.8 Å². The van der Waals surface area contributed by atoms with Gasteiger partial charge in [-0.2, -0.15) is 0 Å². The van der Waals surface area contributed by atoms with Gasteiger partial charge in [0, 0.05) is 5.02 Å². The fourth-order valence-corrected chi connectivity index (χ4v) is 7.16. The number of nitrogens with zero attached hydrogens (tertiary/aromatic N) is 3. The minimum absolute atomic E-state index is 0.0468. The molecule has 3 heterocycles. The van der Waals surface area contributed by atoms with Crippen molar-refractivity contribution in [2.24, 2.45) is 0 Å². The highest BCUT2D eigenvalue weighted by molar-refractivity contribution is 7.22. The number of benzene rings is 3. The second-order valence-electron chi connectivity index (χ2n) is 9.84. The second-order valence-corrected chi connectivity index (χ2v) is 12.5. The summed E-state index contributed by atoms with van der Waals surface area (Å²) < 4.78 is 12.8. The molecule has 0 saturated heterocycles. The van der Waals surface area contributed by atoms with E-state index in [1.54, 1.807) is 50.2 Å². The summed E-state index contributed by atoms with van der Waals surface area (Å²) in [4.78, 5) is 38.6. The van der Waals surface area contributed by atoms with Crippen LogP contribution >= 0.6 is 34.3 Å². The zero-order chi connectivity index (χ0) is 30.2. The van der Waals surface area contributed by atoms with Crippen molar-refractivity contribution in [3.8, 4) is 11.5 Å². The van der Waals surface area contributed by atoms with Gasteiger partial charge in [0.1, 0.15) is 6.61 Å². The van der Waals surface area contributed by atoms with Gasteiger partial charge in [-0.05, 0) is 62.2 Å². The fraction of sp³-hybridized carbons (Fsp3) is 0.188. The molecule has 0 aliphatic carbocycles. The number of amides is 1. The number of aliphatic hydroxyl groups excluding tert-OH is 1. The van der Waals surface area contributed by atoms with Gasteiger partial charge >= 0.3 is 0 Å². The highest BCUT2D eigenvalue weighted by atomic mass is 35.5. The number of aliphatic hydroxyl groups is 1. The molecule has 2 aromatic heterocycles. The number of carbonyl (C=O) groups is 2. The average molecular weight is 632 g/mol. The molecule has 1 N–H and O–H groups in total. The first-order valence-corrected chi connectivity index (χ1v) is 15.5. The smallest absolute Gasteiger partial charge is 0.296 e. The Hall–Kier alpha value is -4.25. The Balaban J connectivity index is 1.46. The standard InChI is InChI=1S/C32H26ClN3O5S2/c1-4-40-24-14-20(10-13-23(24)41-16-19-8-6-5-7-9-19)27-26(28(37)30-17(2)34-18(3)42-30)29(38)31(39)36(27)32-35-22-12-11-21(33)15-25(22)43-32/h5-15,27,38H,4,16H2,1-3H3. The van der Waals surface area contributed by atoms with Gasteiger partial charge in [0.15, 0.2) is 22.4 Å². The molecule has 8 nitrogen and oxygen atoms in total. The summed E-state index contributed by atoms with van der Waals surface area (Å²) in [5.74, 6) is -0.856. The largest absolute Gasteiger partial charge is 0.503 e. The lowest BCUT2D eigenvalue weighted by molar-refractivity contribution is -0.117. The van der Waals surface area contributed by atoms with Crippen molar-refractivity contribution in [2.75, 3.05) is 11.5 Å². The van der Waals surface area contributed by atoms with Crippen molar-refractivity contribution >= 4 is 61.3 Å². The van der Waals surface area contributed by atoms with Crippen LogP contribution in [0.15, 0.2) is 78.1 Å². The fourth-order valence-electron chi connectivity index (χ4n) is 5.02. The van der Waals surface area contributed by atoms with Gasteiger partial charge in [-0.3, -0.25) is 14.5 Å². The zero-order valence-electron chi connectivity index (χ0n) is 23.5. The van der Waals surface area contributed by atoms with Crippen molar-refractivity contribution < 1.29 is 24.2 Å². The molecule has 5 aromatic rings. The monoisotopic (exact) mass is 631 g/mol. The summed E-state index contributed by atoms with van der Waals surface area (Å²) in [6.07, 6.45) is 0. The van der Waals surface area contributed by atoms with Crippen molar-refractivity contribution in [3.63, 3.8) is 0 Å². The van der Waals surface area contributed by atoms with E-state index < -0.39 is 23.5 Å². The summed E-state index contributed by atoms with van der Waals surface area (Å²) in [6, 6.07) is 19.3. The molecular weight excluding hydrogens is 606 g/mol. The molecule has 0 bridgehead atoms. The SMILES string of the molecule is CCOc1cc(C2C(C(=O)c3sc(C)nc3C)=C(O)C(=O)N2c2nc3ccc(Cl)cc3s2)ccc1OCc1ccccc1. The lowest BCUT2D eigenvalue weighted by Crippen LogP contribution is -2.31. The highest BCUT2D eigenvalue weighted by Gasteiger charge is 2.46. The number of hydrogen-bond acceptors (Lipinski definition) is 9. The number of aryl methyl sites for hydroxylation is 2. The Morgan fingerprint density at radius 2 is 1.79 bits per heavy atom. The summed E-state index contributed by atoms with van der Waals surface area (Å²) in [5.41, 5.74) is 2.67. The van der Waals surface area contributed by atoms with Crippen molar-refractivity contribution in [1.29, 1.82) is 0 Å². The number of halogens is 1. The maximum Gasteiger partial charge on any atom is 0.296 e. The van der Waals surface area contributed by atoms with E-state index in [9.17, 15) is 14.7 Å². The predicted octanol–water partition coefficient (Wildman–Crippen LogP) is 7.78. The third-order valence-corrected chi connectivity index (χ3v) is 9.25. The summed E-state index contributed by atoms with van der Waals surface area (Å²) in [6.45, 7) is 6.10. The molecule has 3 aromatic carbocycles. The number of fused-ring (bicyclic) bond motifs is 1. The van der Waals surface area contributed by atoms with Crippen LogP contribution in [-0.4, -0.2) is 33.4 Å². The van der Waals surface area contributed by atoms with Gasteiger partial charge in [-0.15, -0.1) is 11.3 Å². The summed E-state index contributed by atoms with van der Waals surface area (Å²) in [5, 5.41) is 12.8. The van der Waals surface area contributed by atoms with Crippen LogP contribution in [0.5, 0.6) is 11.5 Å². The lowest BCUT2D eigenvalue weighted by Gasteiger charge is -2.25. The molecule has 218 valence electrons. The van der Waals surface area contributed by atoms with Gasteiger partial charge in [-0.1, -0.05) is 59.3 Å². The first-order chi connectivity index (χ1) is 20.7. The molecule has 0 saturated carbocycles. The van der Waals surface area contributed by atoms with E-state index in [1.807, 2.05) is 37.3 Å². The molecule has 1 aliphatic rings. The van der Waals surface area contributed by atoms with Crippen LogP contribution in [0.2, 0.25) is 5.02 Å². The molecule has 1 atom stereocenters. The third kappa shape index (κ3) is 5.49. The molecule has 43 heavy (non-hydrogen) atoms. The minimum atomic E-state index is -0.986. The Morgan fingerprint density at radius 3 is 2.51 bits per heavy atom. The van der Waals surface area contributed by atoms with Crippen molar-refractivity contribution in [2.45, 2.75) is 33.4 Å². The molecule has 1 aliphatic heterocycles. The van der Waals surface area contributed by atoms with Crippen LogP contribution in [0.3, 0.4) is 0 Å². The van der Waals surface area contributed by atoms with Crippen LogP contribution in [0.4, 0.5) is 5.13 Å². The average Bonchev–Trinajstić information content (AvgIpc) is 3.64. The predicted molar refractivity (Wildman–Crippen MR) is 169 cm³/mol. The number of thiazole rings is 2. The Morgan fingerprint density at radius 1 is 1.00 bits per heavy atom. The van der Waals surface area contributed by atoms with Crippen LogP contribution in [0.1, 0.15) is 44.5 Å². The number of rotatable bonds is 9. The van der Waals surface area contributed by atoms with E-state index in [0.29, 0.717) is 61.5 Å². The van der Waals surface area contributed by atoms with Gasteiger partial charge in [0.25, 0.3) is 5.91 Å². The Bertz CT molecular complexity index is 1900. The number of ketones is 1. The topological polar surface area (TPSA) is 102 Å². The summed E-state index contributed by atoms with van der Waals surface area (Å²) >= 11 is 8.69. The Labute approximate surface area is 260 Å². The second kappa shape index (κ2) is 11.8. The number of Topliss-reactive ketones (excluding diaryl/α,β-unsaturated/α-hetero) is 1. The van der Waals surface area contributed by atoms with E-state index >= 15 is 0 Å². The summed E-state index contributed by atoms with van der Waals surface area (Å²) in [7, 11) is 0. The molecule has 0 fully saturated rings. The number of aromatic nitrogens is 2. The van der Waals surface area contributed by atoms with Crippen LogP contribution in [-0.2, 0) is 11.4 Å². The molecule has 1 unspecified atom stereocenters. The molecule has 11 heteroatoms. The van der Waals surface area contributed by atoms with Crippen LogP contribution in [0.25, 0.3) is 10.2 Å². The Kier molecular flexibility index (Phi) is 7.91. The maximum absolute atomic E-state index is 14.0. The van der Waals surface area contributed by atoms with E-state index in [1.165, 1.54) is 27.6 Å². The van der Waals surface area contributed by atoms with E-state index in [2.05, 4.69) is 9.97 Å². The normalized spacial score (nSPS) is 15.0. The first kappa shape index (κ1) is 28.9. The van der Waals surface area contributed by atoms with Gasteiger partial charge in [-0.25, -0.2) is 9.97 Å². The van der Waals surface area contributed by atoms with Gasteiger partial charge < -0.3 is 14.6 Å². The number of anilines is 1. The molecule has 1 amide bonds. The molecule has 6 rings (SSSR count). The van der Waals surface area contributed by atoms with Crippen LogP contribution < -0.4 is 14.4 Å². The highest BCUT2D eigenvalue weighted by Crippen LogP contribution is 2.46. The molecule has 0 spiro atoms. The number of hydrogen-bond donors (Lipinski definition) is 1. The molecule has 0 radical (unpaired) electrons. The van der Waals surface area contributed by atoms with E-state index in [-0.39, 0.29) is 5.57 Å². The number of ether oxygens (including phenoxy) is 2. The maximum atomic E-state index is 14.0. The molecular formula is C32H26ClN3O5S2. The third-order valence-electron chi connectivity index (χ3n) is 6.93. The van der Waals surface area contributed by atoms with Gasteiger partial charge in [0.2, 0.25) is 5.78 Å². The first-order valence-electron chi connectivity index (χ1n) is 13.5. The zero-order valence-corrected chi connectivity index (χ0v) is 25.8. The van der Waals surface area contributed by atoms with Crippen molar-refractivity contribution in [3.05, 3.63) is 110 Å². The quantitative estimate of drug-likeness (QED) is 0.166. The van der Waals surface area contributed by atoms with E-state index in [4.69, 9.17) is 21.1 Å². The minimum Gasteiger partial charge on any atom is -0.503 e. The van der Waals surface area contributed by atoms with Crippen molar-refractivity contribution in [1.82, 2.24) is 9.97 Å². The van der Waals surface area contributed by atoms with Gasteiger partial charge in [0.05, 0.1) is 44.0 Å². The lowest BCUT2D eigenvalue weighted by atomic mass is 9.95.